The molecule has 8 heteroatoms. The Morgan fingerprint density at radius 2 is 2.43 bits per heavy atom. The second kappa shape index (κ2) is 6.76. The lowest BCUT2D eigenvalue weighted by Crippen LogP contribution is -2.43. The fourth-order valence-electron chi connectivity index (χ4n) is 3.00. The van der Waals surface area contributed by atoms with E-state index in [0.29, 0.717) is 12.2 Å². The second-order valence-electron chi connectivity index (χ2n) is 5.71. The summed E-state index contributed by atoms with van der Waals surface area (Å²) in [6.07, 6.45) is 5.65. The number of piperidine rings is 1. The fraction of sp³-hybridized carbons (Fsp3) is 0.467. The highest BCUT2D eigenvalue weighted by molar-refractivity contribution is 9.10. The van der Waals surface area contributed by atoms with Crippen LogP contribution in [0.3, 0.4) is 0 Å². The molecule has 3 heterocycles. The summed E-state index contributed by atoms with van der Waals surface area (Å²) in [5.74, 6) is 0. The van der Waals surface area contributed by atoms with Crippen molar-refractivity contribution in [2.45, 2.75) is 25.8 Å². The summed E-state index contributed by atoms with van der Waals surface area (Å²) < 4.78 is 0.901. The SMILES string of the molecule is CCNC(=O)Nc1c[nH]c2ncc(Br)c(N3CCC[C@@H](N)C3)c12. The van der Waals surface area contributed by atoms with Crippen LogP contribution in [0.25, 0.3) is 11.0 Å². The van der Waals surface area contributed by atoms with Crippen molar-refractivity contribution in [1.82, 2.24) is 15.3 Å². The Morgan fingerprint density at radius 1 is 1.61 bits per heavy atom. The number of carbonyl (C=O) groups excluding carboxylic acids is 1. The Morgan fingerprint density at radius 3 is 3.17 bits per heavy atom. The average Bonchev–Trinajstić information content (AvgIpc) is 2.90. The number of H-pyrrole nitrogens is 1. The van der Waals surface area contributed by atoms with E-state index in [-0.39, 0.29) is 12.1 Å². The molecule has 2 aromatic rings. The maximum Gasteiger partial charge on any atom is 0.319 e. The molecule has 5 N–H and O–H groups in total. The first-order chi connectivity index (χ1) is 11.1. The van der Waals surface area contributed by atoms with E-state index < -0.39 is 0 Å². The van der Waals surface area contributed by atoms with Gasteiger partial charge in [0.1, 0.15) is 5.65 Å². The number of nitrogens with zero attached hydrogens (tertiary/aromatic N) is 2. The topological polar surface area (TPSA) is 99.1 Å². The van der Waals surface area contributed by atoms with E-state index in [0.717, 1.165) is 47.1 Å². The van der Waals surface area contributed by atoms with Gasteiger partial charge in [0.2, 0.25) is 0 Å². The predicted octanol–water partition coefficient (Wildman–Crippen LogP) is 2.39. The molecular weight excluding hydrogens is 360 g/mol. The molecule has 7 nitrogen and oxygen atoms in total. The maximum atomic E-state index is 11.9. The van der Waals surface area contributed by atoms with Crippen molar-refractivity contribution >= 4 is 44.4 Å². The number of aromatic amines is 1. The van der Waals surface area contributed by atoms with Crippen molar-refractivity contribution < 1.29 is 4.79 Å². The largest absolute Gasteiger partial charge is 0.368 e. The molecule has 0 unspecified atom stereocenters. The summed E-state index contributed by atoms with van der Waals surface area (Å²) in [5, 5.41) is 6.53. The van der Waals surface area contributed by atoms with E-state index in [1.54, 1.807) is 12.4 Å². The van der Waals surface area contributed by atoms with Gasteiger partial charge in [-0.1, -0.05) is 0 Å². The van der Waals surface area contributed by atoms with Crippen molar-refractivity contribution in [2.75, 3.05) is 29.9 Å². The van der Waals surface area contributed by atoms with Gasteiger partial charge in [0.25, 0.3) is 0 Å². The van der Waals surface area contributed by atoms with Crippen molar-refractivity contribution in [3.05, 3.63) is 16.9 Å². The van der Waals surface area contributed by atoms with Crippen LogP contribution in [0.15, 0.2) is 16.9 Å². The third-order valence-electron chi connectivity index (χ3n) is 3.99. The third kappa shape index (κ3) is 3.28. The lowest BCUT2D eigenvalue weighted by atomic mass is 10.1. The molecule has 1 saturated heterocycles. The standard InChI is InChI=1S/C15H21BrN6O/c1-2-18-15(23)21-11-7-20-14-12(11)13(10(16)6-19-14)22-5-3-4-9(17)8-22/h6-7,9H,2-5,8,17H2,1H3,(H,19,20)(H2,18,21,23)/t9-/m1/s1. The molecule has 0 spiro atoms. The number of amides is 2. The fourth-order valence-corrected chi connectivity index (χ4v) is 3.56. The zero-order valence-corrected chi connectivity index (χ0v) is 14.6. The zero-order valence-electron chi connectivity index (χ0n) is 13.0. The summed E-state index contributed by atoms with van der Waals surface area (Å²) in [5.41, 5.74) is 8.62. The molecule has 2 amide bonds. The number of aromatic nitrogens is 2. The highest BCUT2D eigenvalue weighted by atomic mass is 79.9. The van der Waals surface area contributed by atoms with Gasteiger partial charge >= 0.3 is 6.03 Å². The number of fused-ring (bicyclic) bond motifs is 1. The Bertz CT molecular complexity index is 715. The lowest BCUT2D eigenvalue weighted by Gasteiger charge is -2.33. The molecule has 0 bridgehead atoms. The summed E-state index contributed by atoms with van der Waals surface area (Å²) in [6.45, 7) is 4.19. The first-order valence-corrected chi connectivity index (χ1v) is 8.60. The van der Waals surface area contributed by atoms with Gasteiger partial charge in [0, 0.05) is 38.1 Å². The van der Waals surface area contributed by atoms with Crippen LogP contribution in [-0.4, -0.2) is 41.7 Å². The number of carbonyl (C=O) groups is 1. The molecule has 3 rings (SSSR count). The average molecular weight is 381 g/mol. The first-order valence-electron chi connectivity index (χ1n) is 7.81. The maximum absolute atomic E-state index is 11.9. The Hall–Kier alpha value is -1.80. The lowest BCUT2D eigenvalue weighted by molar-refractivity contribution is 0.252. The Labute approximate surface area is 143 Å². The van der Waals surface area contributed by atoms with E-state index in [1.807, 2.05) is 6.92 Å². The zero-order chi connectivity index (χ0) is 16.4. The number of rotatable bonds is 3. The number of nitrogens with one attached hydrogen (secondary N) is 3. The highest BCUT2D eigenvalue weighted by Crippen LogP contribution is 2.38. The Balaban J connectivity index is 2.03. The molecule has 124 valence electrons. The normalized spacial score (nSPS) is 18.2. The van der Waals surface area contributed by atoms with E-state index in [9.17, 15) is 4.79 Å². The molecule has 1 aliphatic heterocycles. The van der Waals surface area contributed by atoms with Gasteiger partial charge in [0.05, 0.1) is 21.2 Å². The number of halogens is 1. The number of nitrogens with two attached hydrogens (primary N) is 1. The van der Waals surface area contributed by atoms with E-state index in [1.165, 1.54) is 0 Å². The number of urea groups is 1. The van der Waals surface area contributed by atoms with Gasteiger partial charge in [0.15, 0.2) is 0 Å². The van der Waals surface area contributed by atoms with Gasteiger partial charge in [-0.25, -0.2) is 9.78 Å². The molecule has 2 aromatic heterocycles. The van der Waals surface area contributed by atoms with E-state index >= 15 is 0 Å². The number of hydrogen-bond acceptors (Lipinski definition) is 4. The summed E-state index contributed by atoms with van der Waals surface area (Å²) in [6, 6.07) is -0.0627. The summed E-state index contributed by atoms with van der Waals surface area (Å²) in [4.78, 5) is 21.7. The quantitative estimate of drug-likeness (QED) is 0.656. The van der Waals surface area contributed by atoms with Crippen LogP contribution in [0.4, 0.5) is 16.2 Å². The number of pyridine rings is 1. The molecule has 23 heavy (non-hydrogen) atoms. The van der Waals surface area contributed by atoms with Crippen molar-refractivity contribution in [2.24, 2.45) is 5.73 Å². The van der Waals surface area contributed by atoms with Gasteiger partial charge in [-0.3, -0.25) is 0 Å². The molecule has 0 aromatic carbocycles. The molecule has 0 aliphatic carbocycles. The van der Waals surface area contributed by atoms with Crippen LogP contribution in [-0.2, 0) is 0 Å². The molecule has 1 atom stereocenters. The molecule has 1 aliphatic rings. The van der Waals surface area contributed by atoms with Crippen LogP contribution in [0.5, 0.6) is 0 Å². The first kappa shape index (κ1) is 16.1. The van der Waals surface area contributed by atoms with Gasteiger partial charge in [-0.2, -0.15) is 0 Å². The predicted molar refractivity (Wildman–Crippen MR) is 95.9 cm³/mol. The van der Waals surface area contributed by atoms with Crippen molar-refractivity contribution in [3.63, 3.8) is 0 Å². The van der Waals surface area contributed by atoms with E-state index in [4.69, 9.17) is 5.73 Å². The van der Waals surface area contributed by atoms with Crippen LogP contribution in [0, 0.1) is 0 Å². The van der Waals surface area contributed by atoms with Gasteiger partial charge in [-0.05, 0) is 35.7 Å². The minimum Gasteiger partial charge on any atom is -0.368 e. The Kier molecular flexibility index (Phi) is 4.72. The van der Waals surface area contributed by atoms with Crippen LogP contribution in [0.2, 0.25) is 0 Å². The van der Waals surface area contributed by atoms with Gasteiger partial charge < -0.3 is 26.3 Å². The highest BCUT2D eigenvalue weighted by Gasteiger charge is 2.23. The van der Waals surface area contributed by atoms with Gasteiger partial charge in [-0.15, -0.1) is 0 Å². The molecule has 0 saturated carbocycles. The number of anilines is 2. The molecule has 1 fully saturated rings. The van der Waals surface area contributed by atoms with Crippen LogP contribution < -0.4 is 21.3 Å². The smallest absolute Gasteiger partial charge is 0.319 e. The van der Waals surface area contributed by atoms with Crippen LogP contribution >= 0.6 is 15.9 Å². The third-order valence-corrected chi connectivity index (χ3v) is 4.57. The number of hydrogen-bond donors (Lipinski definition) is 4. The van der Waals surface area contributed by atoms with E-state index in [2.05, 4.69) is 41.4 Å². The summed E-state index contributed by atoms with van der Waals surface area (Å²) in [7, 11) is 0. The molecular formula is C15H21BrN6O. The minimum absolute atomic E-state index is 0.164. The second-order valence-corrected chi connectivity index (χ2v) is 6.57. The monoisotopic (exact) mass is 380 g/mol. The van der Waals surface area contributed by atoms with Crippen molar-refractivity contribution in [3.8, 4) is 0 Å². The summed E-state index contributed by atoms with van der Waals surface area (Å²) >= 11 is 3.60. The van der Waals surface area contributed by atoms with Crippen LogP contribution in [0.1, 0.15) is 19.8 Å². The van der Waals surface area contributed by atoms with Crippen molar-refractivity contribution in [1.29, 1.82) is 0 Å². The molecule has 0 radical (unpaired) electrons. The minimum atomic E-state index is -0.227.